The van der Waals surface area contributed by atoms with E-state index in [2.05, 4.69) is 27.7 Å². The van der Waals surface area contributed by atoms with Crippen molar-refractivity contribution in [3.05, 3.63) is 12.7 Å². The van der Waals surface area contributed by atoms with Gasteiger partial charge in [0.05, 0.1) is 34.3 Å². The molecule has 94 valence electrons. The monoisotopic (exact) mass is 228 g/mol. The maximum Gasteiger partial charge on any atom is 0.330 e. The van der Waals surface area contributed by atoms with E-state index in [0.29, 0.717) is 6.61 Å². The Balaban J connectivity index is 3.16. The summed E-state index contributed by atoms with van der Waals surface area (Å²) < 4.78 is 5.93. The number of carbonyl (C=O) groups excluding carboxylic acids is 1. The fourth-order valence-electron chi connectivity index (χ4n) is 1.45. The number of esters is 1. The van der Waals surface area contributed by atoms with Crippen molar-refractivity contribution in [2.24, 2.45) is 0 Å². The molecule has 0 bridgehead atoms. The van der Waals surface area contributed by atoms with Crippen LogP contribution in [0.15, 0.2) is 12.7 Å². The lowest BCUT2D eigenvalue weighted by Gasteiger charge is -2.23. The summed E-state index contributed by atoms with van der Waals surface area (Å²) in [5.41, 5.74) is 0. The second kappa shape index (κ2) is 8.34. The average molecular weight is 228 g/mol. The van der Waals surface area contributed by atoms with Crippen LogP contribution in [0.5, 0.6) is 0 Å². The van der Waals surface area contributed by atoms with Crippen LogP contribution in [0.25, 0.3) is 0 Å². The van der Waals surface area contributed by atoms with Gasteiger partial charge in [-0.1, -0.05) is 19.4 Å². The third-order valence-corrected chi connectivity index (χ3v) is 2.38. The highest BCUT2D eigenvalue weighted by Crippen LogP contribution is 2.05. The fourth-order valence-corrected chi connectivity index (χ4v) is 1.45. The third kappa shape index (κ3) is 11.2. The van der Waals surface area contributed by atoms with E-state index in [1.165, 1.54) is 31.9 Å². The molecular formula is C13H26NO2+. The molecule has 0 aliphatic carbocycles. The molecule has 0 spiro atoms. The molecule has 0 saturated heterocycles. The van der Waals surface area contributed by atoms with E-state index in [-0.39, 0.29) is 5.97 Å². The quantitative estimate of drug-likeness (QED) is 0.262. The van der Waals surface area contributed by atoms with E-state index in [1.54, 1.807) is 0 Å². The van der Waals surface area contributed by atoms with Gasteiger partial charge in [0, 0.05) is 6.08 Å². The van der Waals surface area contributed by atoms with Crippen molar-refractivity contribution in [1.29, 1.82) is 0 Å². The van der Waals surface area contributed by atoms with Gasteiger partial charge in [-0.15, -0.1) is 0 Å². The van der Waals surface area contributed by atoms with Crippen molar-refractivity contribution in [2.45, 2.75) is 32.1 Å². The second-order valence-corrected chi connectivity index (χ2v) is 5.15. The van der Waals surface area contributed by atoms with Crippen molar-refractivity contribution in [3.63, 3.8) is 0 Å². The molecular weight excluding hydrogens is 202 g/mol. The maximum atomic E-state index is 10.7. The molecule has 16 heavy (non-hydrogen) atoms. The van der Waals surface area contributed by atoms with Gasteiger partial charge in [0.2, 0.25) is 0 Å². The fraction of sp³-hybridized carbons (Fsp3) is 0.769. The van der Waals surface area contributed by atoms with Crippen LogP contribution >= 0.6 is 0 Å². The summed E-state index contributed by atoms with van der Waals surface area (Å²) >= 11 is 0. The highest BCUT2D eigenvalue weighted by atomic mass is 16.5. The van der Waals surface area contributed by atoms with Gasteiger partial charge in [-0.25, -0.2) is 4.79 Å². The number of ether oxygens (including phenoxy) is 1. The molecule has 0 saturated carbocycles. The molecule has 0 amide bonds. The molecule has 0 fully saturated rings. The molecule has 0 heterocycles. The lowest BCUT2D eigenvalue weighted by atomic mass is 10.1. The van der Waals surface area contributed by atoms with E-state index in [9.17, 15) is 4.79 Å². The van der Waals surface area contributed by atoms with Crippen molar-refractivity contribution in [2.75, 3.05) is 34.3 Å². The lowest BCUT2D eigenvalue weighted by Crippen LogP contribution is -2.35. The molecule has 0 atom stereocenters. The molecule has 3 nitrogen and oxygen atoms in total. The second-order valence-electron chi connectivity index (χ2n) is 5.15. The Morgan fingerprint density at radius 1 is 1.12 bits per heavy atom. The van der Waals surface area contributed by atoms with Crippen molar-refractivity contribution in [1.82, 2.24) is 0 Å². The van der Waals surface area contributed by atoms with E-state index in [4.69, 9.17) is 4.74 Å². The van der Waals surface area contributed by atoms with Crippen LogP contribution in [-0.4, -0.2) is 44.7 Å². The van der Waals surface area contributed by atoms with Gasteiger partial charge >= 0.3 is 5.97 Å². The standard InChI is InChI=1S/C13H26NO2/c1-5-13(15)16-12-10-8-6-7-9-11-14(2,3)4/h5H,1,6-12H2,2-4H3/q+1. The summed E-state index contributed by atoms with van der Waals surface area (Å²) in [7, 11) is 6.65. The zero-order valence-corrected chi connectivity index (χ0v) is 11.0. The summed E-state index contributed by atoms with van der Waals surface area (Å²) in [6.07, 6.45) is 7.08. The Morgan fingerprint density at radius 3 is 2.25 bits per heavy atom. The van der Waals surface area contributed by atoms with Crippen molar-refractivity contribution in [3.8, 4) is 0 Å². The predicted octanol–water partition coefficient (Wildman–Crippen LogP) is 2.37. The van der Waals surface area contributed by atoms with E-state index < -0.39 is 0 Å². The van der Waals surface area contributed by atoms with Crippen molar-refractivity contribution >= 4 is 5.97 Å². The van der Waals surface area contributed by atoms with Crippen LogP contribution < -0.4 is 0 Å². The van der Waals surface area contributed by atoms with Crippen LogP contribution in [0.2, 0.25) is 0 Å². The summed E-state index contributed by atoms with van der Waals surface area (Å²) in [4.78, 5) is 10.7. The summed E-state index contributed by atoms with van der Waals surface area (Å²) in [5.74, 6) is -0.315. The number of unbranched alkanes of at least 4 members (excludes halogenated alkanes) is 4. The summed E-state index contributed by atoms with van der Waals surface area (Å²) in [6, 6.07) is 0. The third-order valence-electron chi connectivity index (χ3n) is 2.38. The average Bonchev–Trinajstić information content (AvgIpc) is 2.20. The van der Waals surface area contributed by atoms with Gasteiger partial charge in [0.25, 0.3) is 0 Å². The minimum atomic E-state index is -0.315. The Morgan fingerprint density at radius 2 is 1.69 bits per heavy atom. The molecule has 3 heteroatoms. The minimum absolute atomic E-state index is 0.315. The first-order chi connectivity index (χ1) is 7.45. The zero-order chi connectivity index (χ0) is 12.4. The molecule has 0 aromatic heterocycles. The normalized spacial score (nSPS) is 11.2. The number of quaternary nitrogens is 1. The first-order valence-corrected chi connectivity index (χ1v) is 6.05. The van der Waals surface area contributed by atoms with Crippen LogP contribution in [0.1, 0.15) is 32.1 Å². The molecule has 0 aliphatic rings. The topological polar surface area (TPSA) is 26.3 Å². The van der Waals surface area contributed by atoms with Crippen LogP contribution in [0, 0.1) is 0 Å². The Hall–Kier alpha value is -0.830. The minimum Gasteiger partial charge on any atom is -0.463 e. The van der Waals surface area contributed by atoms with E-state index >= 15 is 0 Å². The smallest absolute Gasteiger partial charge is 0.330 e. The van der Waals surface area contributed by atoms with Gasteiger partial charge in [-0.3, -0.25) is 0 Å². The van der Waals surface area contributed by atoms with Gasteiger partial charge in [0.1, 0.15) is 0 Å². The molecule has 0 unspecified atom stereocenters. The SMILES string of the molecule is C=CC(=O)OCCCCCCC[N+](C)(C)C. The Bertz CT molecular complexity index is 206. The Labute approximate surface area is 99.7 Å². The van der Waals surface area contributed by atoms with Crippen LogP contribution in [0.4, 0.5) is 0 Å². The zero-order valence-electron chi connectivity index (χ0n) is 11.0. The van der Waals surface area contributed by atoms with Crippen LogP contribution in [-0.2, 0) is 9.53 Å². The van der Waals surface area contributed by atoms with Crippen molar-refractivity contribution < 1.29 is 14.0 Å². The predicted molar refractivity (Wildman–Crippen MR) is 67.1 cm³/mol. The van der Waals surface area contributed by atoms with E-state index in [1.807, 2.05) is 0 Å². The van der Waals surface area contributed by atoms with Gasteiger partial charge in [-0.05, 0) is 19.3 Å². The maximum absolute atomic E-state index is 10.7. The van der Waals surface area contributed by atoms with Gasteiger partial charge in [0.15, 0.2) is 0 Å². The molecule has 0 rings (SSSR count). The number of hydrogen-bond acceptors (Lipinski definition) is 2. The highest BCUT2D eigenvalue weighted by Gasteiger charge is 2.05. The summed E-state index contributed by atoms with van der Waals surface area (Å²) in [6.45, 7) is 5.10. The first-order valence-electron chi connectivity index (χ1n) is 6.05. The number of carbonyl (C=O) groups is 1. The largest absolute Gasteiger partial charge is 0.463 e. The van der Waals surface area contributed by atoms with E-state index in [0.717, 1.165) is 17.3 Å². The molecule has 0 aromatic rings. The molecule has 0 aromatic carbocycles. The molecule has 0 N–H and O–H groups in total. The van der Waals surface area contributed by atoms with Crippen LogP contribution in [0.3, 0.4) is 0 Å². The first kappa shape index (κ1) is 15.2. The lowest BCUT2D eigenvalue weighted by molar-refractivity contribution is -0.870. The molecule has 0 aliphatic heterocycles. The summed E-state index contributed by atoms with van der Waals surface area (Å²) in [5, 5.41) is 0. The van der Waals surface area contributed by atoms with Gasteiger partial charge < -0.3 is 9.22 Å². The number of rotatable bonds is 9. The Kier molecular flexibility index (Phi) is 7.90. The number of nitrogens with zero attached hydrogens (tertiary/aromatic N) is 1. The number of hydrogen-bond donors (Lipinski definition) is 0. The molecule has 0 radical (unpaired) electrons. The highest BCUT2D eigenvalue weighted by molar-refractivity contribution is 5.81. The van der Waals surface area contributed by atoms with Gasteiger partial charge in [-0.2, -0.15) is 0 Å².